The molecule has 1 amide bonds. The van der Waals surface area contributed by atoms with Crippen LogP contribution in [0.1, 0.15) is 13.8 Å². The zero-order chi connectivity index (χ0) is 9.72. The molecule has 0 aliphatic carbocycles. The summed E-state index contributed by atoms with van der Waals surface area (Å²) in [5, 5.41) is 2.13. The lowest BCUT2D eigenvalue weighted by atomic mass is 10.1. The average molecular weight is 244 g/mol. The van der Waals surface area contributed by atoms with Crippen molar-refractivity contribution in [3.05, 3.63) is 0 Å². The Morgan fingerprint density at radius 2 is 2.00 bits per heavy atom. The van der Waals surface area contributed by atoms with Crippen LogP contribution in [0.5, 0.6) is 0 Å². The number of hydrogen-bond donors (Lipinski definition) is 1. The van der Waals surface area contributed by atoms with E-state index in [4.69, 9.17) is 0 Å². The van der Waals surface area contributed by atoms with Crippen molar-refractivity contribution in [1.82, 2.24) is 5.32 Å². The fourth-order valence-electron chi connectivity index (χ4n) is 0.578. The summed E-state index contributed by atoms with van der Waals surface area (Å²) in [5.74, 6) is -0.284. The van der Waals surface area contributed by atoms with E-state index < -0.39 is 17.8 Å². The first-order valence-electron chi connectivity index (χ1n) is 3.65. The molecule has 5 heteroatoms. The molecule has 0 saturated carbocycles. The van der Waals surface area contributed by atoms with Gasteiger partial charge in [0.2, 0.25) is 5.91 Å². The fourth-order valence-corrected chi connectivity index (χ4v) is 0.740. The first-order chi connectivity index (χ1) is 5.45. The highest BCUT2D eigenvalue weighted by atomic mass is 79.9. The van der Waals surface area contributed by atoms with Crippen molar-refractivity contribution in [3.8, 4) is 0 Å². The highest BCUT2D eigenvalue weighted by molar-refractivity contribution is 9.10. The maximum atomic E-state index is 11.6. The fraction of sp³-hybridized carbons (Fsp3) is 0.857. The van der Waals surface area contributed by atoms with Crippen molar-refractivity contribution in [2.24, 2.45) is 5.92 Å². The summed E-state index contributed by atoms with van der Waals surface area (Å²) in [6.45, 7) is 3.09. The van der Waals surface area contributed by atoms with Crippen molar-refractivity contribution in [2.45, 2.75) is 25.1 Å². The third kappa shape index (κ3) is 4.64. The van der Waals surface area contributed by atoms with E-state index in [-0.39, 0.29) is 11.8 Å². The van der Waals surface area contributed by atoms with Gasteiger partial charge in [0, 0.05) is 0 Å². The second kappa shape index (κ2) is 5.45. The number of amides is 1. The summed E-state index contributed by atoms with van der Waals surface area (Å²) in [4.78, 5) is 10.6. The van der Waals surface area contributed by atoms with Crippen LogP contribution in [0.4, 0.5) is 8.78 Å². The number of carbonyl (C=O) groups is 1. The van der Waals surface area contributed by atoms with Crippen molar-refractivity contribution in [2.75, 3.05) is 6.54 Å². The molecule has 0 fully saturated rings. The molecule has 0 aliphatic rings. The smallest absolute Gasteiger partial charge is 0.255 e. The third-order valence-corrected chi connectivity index (χ3v) is 2.74. The topological polar surface area (TPSA) is 29.1 Å². The summed E-state index contributed by atoms with van der Waals surface area (Å²) < 4.78 is 23.3. The summed E-state index contributed by atoms with van der Waals surface area (Å²) in [6.07, 6.45) is -2.49. The maximum Gasteiger partial charge on any atom is 0.255 e. The maximum absolute atomic E-state index is 11.6. The van der Waals surface area contributed by atoms with E-state index in [0.717, 1.165) is 0 Å². The largest absolute Gasteiger partial charge is 0.349 e. The Bertz CT molecular complexity index is 152. The van der Waals surface area contributed by atoms with Crippen molar-refractivity contribution in [1.29, 1.82) is 0 Å². The van der Waals surface area contributed by atoms with Gasteiger partial charge in [0.1, 0.15) is 0 Å². The molecule has 0 spiro atoms. The lowest BCUT2D eigenvalue weighted by Gasteiger charge is -2.13. The summed E-state index contributed by atoms with van der Waals surface area (Å²) in [5.41, 5.74) is 0. The second-order valence-electron chi connectivity index (χ2n) is 2.78. The van der Waals surface area contributed by atoms with Crippen LogP contribution in [-0.2, 0) is 4.79 Å². The molecule has 0 aromatic heterocycles. The third-order valence-electron chi connectivity index (χ3n) is 1.27. The average Bonchev–Trinajstić information content (AvgIpc) is 1.98. The Morgan fingerprint density at radius 1 is 1.50 bits per heavy atom. The van der Waals surface area contributed by atoms with Crippen LogP contribution in [0.3, 0.4) is 0 Å². The van der Waals surface area contributed by atoms with Crippen LogP contribution in [0, 0.1) is 5.92 Å². The van der Waals surface area contributed by atoms with Gasteiger partial charge in [-0.1, -0.05) is 29.8 Å². The van der Waals surface area contributed by atoms with Gasteiger partial charge >= 0.3 is 0 Å². The zero-order valence-electron chi connectivity index (χ0n) is 6.98. The van der Waals surface area contributed by atoms with Crippen molar-refractivity contribution in [3.63, 3.8) is 0 Å². The minimum absolute atomic E-state index is 0.0997. The predicted octanol–water partition coefficient (Wildman–Crippen LogP) is 1.79. The van der Waals surface area contributed by atoms with Gasteiger partial charge in [-0.15, -0.1) is 0 Å². The van der Waals surface area contributed by atoms with Crippen LogP contribution in [0.2, 0.25) is 0 Å². The number of carbonyl (C=O) groups excluding carboxylic acids is 1. The Hall–Kier alpha value is -0.190. The predicted molar refractivity (Wildman–Crippen MR) is 46.6 cm³/mol. The summed E-state index contributed by atoms with van der Waals surface area (Å²) >= 11 is 3.10. The molecule has 0 saturated heterocycles. The van der Waals surface area contributed by atoms with Gasteiger partial charge < -0.3 is 5.32 Å². The van der Waals surface area contributed by atoms with E-state index >= 15 is 0 Å². The van der Waals surface area contributed by atoms with Gasteiger partial charge in [0.15, 0.2) is 0 Å². The second-order valence-corrected chi connectivity index (χ2v) is 3.77. The Labute approximate surface area is 78.8 Å². The molecular weight excluding hydrogens is 232 g/mol. The molecular formula is C7H12BrF2NO. The normalized spacial score (nSPS) is 13.6. The molecule has 1 unspecified atom stereocenters. The van der Waals surface area contributed by atoms with E-state index in [1.165, 1.54) is 0 Å². The van der Waals surface area contributed by atoms with E-state index in [9.17, 15) is 13.6 Å². The lowest BCUT2D eigenvalue weighted by Crippen LogP contribution is -2.36. The first-order valence-corrected chi connectivity index (χ1v) is 4.56. The molecule has 0 radical (unpaired) electrons. The Morgan fingerprint density at radius 3 is 2.33 bits per heavy atom. The molecule has 1 atom stereocenters. The molecule has 0 heterocycles. The van der Waals surface area contributed by atoms with E-state index in [2.05, 4.69) is 21.2 Å². The van der Waals surface area contributed by atoms with Crippen LogP contribution in [0.25, 0.3) is 0 Å². The molecule has 0 aromatic rings. The monoisotopic (exact) mass is 243 g/mol. The zero-order valence-corrected chi connectivity index (χ0v) is 8.57. The number of rotatable bonds is 4. The van der Waals surface area contributed by atoms with E-state index in [0.29, 0.717) is 0 Å². The van der Waals surface area contributed by atoms with Crippen molar-refractivity contribution < 1.29 is 13.6 Å². The number of halogens is 3. The number of nitrogens with one attached hydrogen (secondary N) is 1. The van der Waals surface area contributed by atoms with Crippen LogP contribution >= 0.6 is 15.9 Å². The minimum Gasteiger partial charge on any atom is -0.349 e. The Balaban J connectivity index is 3.72. The van der Waals surface area contributed by atoms with Crippen LogP contribution in [0.15, 0.2) is 0 Å². The van der Waals surface area contributed by atoms with Gasteiger partial charge in [-0.25, -0.2) is 8.78 Å². The van der Waals surface area contributed by atoms with Gasteiger partial charge in [-0.05, 0) is 5.92 Å². The van der Waals surface area contributed by atoms with Gasteiger partial charge in [0.25, 0.3) is 6.43 Å². The number of alkyl halides is 3. The van der Waals surface area contributed by atoms with E-state index in [1.54, 1.807) is 0 Å². The van der Waals surface area contributed by atoms with Crippen LogP contribution < -0.4 is 5.32 Å². The van der Waals surface area contributed by atoms with Crippen LogP contribution in [-0.4, -0.2) is 23.7 Å². The molecule has 72 valence electrons. The Kier molecular flexibility index (Phi) is 5.37. The van der Waals surface area contributed by atoms with Gasteiger partial charge in [-0.2, -0.15) is 0 Å². The molecule has 0 rings (SSSR count). The quantitative estimate of drug-likeness (QED) is 0.750. The first kappa shape index (κ1) is 11.8. The molecule has 0 aromatic carbocycles. The lowest BCUT2D eigenvalue weighted by molar-refractivity contribution is -0.121. The van der Waals surface area contributed by atoms with Crippen molar-refractivity contribution >= 4 is 21.8 Å². The molecule has 2 nitrogen and oxygen atoms in total. The van der Waals surface area contributed by atoms with Gasteiger partial charge in [-0.3, -0.25) is 4.79 Å². The van der Waals surface area contributed by atoms with E-state index in [1.807, 2.05) is 13.8 Å². The molecule has 1 N–H and O–H groups in total. The van der Waals surface area contributed by atoms with Gasteiger partial charge in [0.05, 0.1) is 11.4 Å². The molecule has 12 heavy (non-hydrogen) atoms. The molecule has 0 bridgehead atoms. The molecule has 0 aliphatic heterocycles. The standard InChI is InChI=1S/C7H12BrF2NO/c1-4(2)6(8)7(12)11-3-5(9)10/h4-6H,3H2,1-2H3,(H,11,12). The highest BCUT2D eigenvalue weighted by Crippen LogP contribution is 2.11. The minimum atomic E-state index is -2.49. The highest BCUT2D eigenvalue weighted by Gasteiger charge is 2.18. The summed E-state index contributed by atoms with van der Waals surface area (Å²) in [7, 11) is 0. The number of hydrogen-bond acceptors (Lipinski definition) is 1. The summed E-state index contributed by atoms with van der Waals surface area (Å²) in [6, 6.07) is 0. The SMILES string of the molecule is CC(C)C(Br)C(=O)NCC(F)F.